The van der Waals surface area contributed by atoms with Crippen molar-refractivity contribution in [2.24, 2.45) is 0 Å². The molecule has 1 atom stereocenters. The first-order valence-electron chi connectivity index (χ1n) is 7.97. The standard InChI is InChI=1S/C19H22N2O2/c1-23-17-8-6-14(7-9-17)10-11-20-19(22)18-12-15-4-2-3-5-16(15)13-21-18/h2-9,18,21H,10-13H2,1H3,(H,20,22)/t18-/m0/s1. The van der Waals surface area contributed by atoms with Crippen LogP contribution in [0.25, 0.3) is 0 Å². The van der Waals surface area contributed by atoms with Crippen LogP contribution in [0.2, 0.25) is 0 Å². The summed E-state index contributed by atoms with van der Waals surface area (Å²) in [6.07, 6.45) is 1.57. The Labute approximate surface area is 136 Å². The van der Waals surface area contributed by atoms with Crippen molar-refractivity contribution < 1.29 is 9.53 Å². The van der Waals surface area contributed by atoms with E-state index in [-0.39, 0.29) is 11.9 Å². The zero-order valence-electron chi connectivity index (χ0n) is 13.3. The SMILES string of the molecule is COc1ccc(CCNC(=O)[C@@H]2Cc3ccccc3CN2)cc1. The van der Waals surface area contributed by atoms with Gasteiger partial charge in [0, 0.05) is 13.1 Å². The number of nitrogens with one attached hydrogen (secondary N) is 2. The quantitative estimate of drug-likeness (QED) is 0.889. The van der Waals surface area contributed by atoms with Crippen LogP contribution in [0.5, 0.6) is 5.75 Å². The first kappa shape index (κ1) is 15.6. The number of amides is 1. The number of fused-ring (bicyclic) bond motifs is 1. The third-order valence-electron chi connectivity index (χ3n) is 4.27. The highest BCUT2D eigenvalue weighted by molar-refractivity contribution is 5.82. The molecule has 1 aliphatic rings. The van der Waals surface area contributed by atoms with E-state index in [1.165, 1.54) is 16.7 Å². The number of hydrogen-bond acceptors (Lipinski definition) is 3. The third-order valence-corrected chi connectivity index (χ3v) is 4.27. The van der Waals surface area contributed by atoms with Crippen LogP contribution in [0.15, 0.2) is 48.5 Å². The average molecular weight is 310 g/mol. The summed E-state index contributed by atoms with van der Waals surface area (Å²) in [5, 5.41) is 6.34. The second-order valence-corrected chi connectivity index (χ2v) is 5.80. The van der Waals surface area contributed by atoms with Gasteiger partial charge in [0.05, 0.1) is 13.2 Å². The molecule has 0 aromatic heterocycles. The molecule has 0 spiro atoms. The lowest BCUT2D eigenvalue weighted by Gasteiger charge is -2.25. The molecule has 3 rings (SSSR count). The van der Waals surface area contributed by atoms with Crippen molar-refractivity contribution in [3.8, 4) is 5.75 Å². The molecule has 23 heavy (non-hydrogen) atoms. The fourth-order valence-corrected chi connectivity index (χ4v) is 2.89. The highest BCUT2D eigenvalue weighted by Crippen LogP contribution is 2.16. The van der Waals surface area contributed by atoms with Crippen molar-refractivity contribution in [1.82, 2.24) is 10.6 Å². The Bertz CT molecular complexity index is 667. The second kappa shape index (κ2) is 7.29. The van der Waals surface area contributed by atoms with Gasteiger partial charge in [-0.3, -0.25) is 4.79 Å². The van der Waals surface area contributed by atoms with Crippen LogP contribution in [-0.4, -0.2) is 25.6 Å². The molecule has 4 heteroatoms. The lowest BCUT2D eigenvalue weighted by molar-refractivity contribution is -0.123. The number of ether oxygens (including phenoxy) is 1. The Morgan fingerprint density at radius 3 is 2.65 bits per heavy atom. The minimum atomic E-state index is -0.138. The van der Waals surface area contributed by atoms with Crippen molar-refractivity contribution >= 4 is 5.91 Å². The Morgan fingerprint density at radius 2 is 1.91 bits per heavy atom. The topological polar surface area (TPSA) is 50.4 Å². The second-order valence-electron chi connectivity index (χ2n) is 5.80. The fourth-order valence-electron chi connectivity index (χ4n) is 2.89. The number of carbonyl (C=O) groups is 1. The van der Waals surface area contributed by atoms with E-state index in [4.69, 9.17) is 4.74 Å². The summed E-state index contributed by atoms with van der Waals surface area (Å²) < 4.78 is 5.14. The van der Waals surface area contributed by atoms with Gasteiger partial charge in [-0.15, -0.1) is 0 Å². The van der Waals surface area contributed by atoms with Crippen LogP contribution in [0, 0.1) is 0 Å². The molecule has 0 radical (unpaired) electrons. The van der Waals surface area contributed by atoms with Crippen LogP contribution in [0.1, 0.15) is 16.7 Å². The fraction of sp³-hybridized carbons (Fsp3) is 0.316. The lowest BCUT2D eigenvalue weighted by Crippen LogP contribution is -2.48. The highest BCUT2D eigenvalue weighted by Gasteiger charge is 2.23. The molecule has 0 bridgehead atoms. The molecule has 4 nitrogen and oxygen atoms in total. The number of carbonyl (C=O) groups excluding carboxylic acids is 1. The van der Waals surface area contributed by atoms with E-state index in [1.807, 2.05) is 36.4 Å². The van der Waals surface area contributed by atoms with Gasteiger partial charge in [-0.25, -0.2) is 0 Å². The lowest BCUT2D eigenvalue weighted by atomic mass is 9.95. The van der Waals surface area contributed by atoms with E-state index in [0.29, 0.717) is 6.54 Å². The van der Waals surface area contributed by atoms with E-state index in [1.54, 1.807) is 7.11 Å². The number of methoxy groups -OCH3 is 1. The maximum atomic E-state index is 12.3. The smallest absolute Gasteiger partial charge is 0.237 e. The minimum absolute atomic E-state index is 0.0769. The van der Waals surface area contributed by atoms with Crippen LogP contribution >= 0.6 is 0 Å². The molecular weight excluding hydrogens is 288 g/mol. The van der Waals surface area contributed by atoms with Crippen molar-refractivity contribution in [2.45, 2.75) is 25.4 Å². The summed E-state index contributed by atoms with van der Waals surface area (Å²) in [6.45, 7) is 1.40. The Hall–Kier alpha value is -2.33. The van der Waals surface area contributed by atoms with Gasteiger partial charge in [0.25, 0.3) is 0 Å². The predicted octanol–water partition coefficient (Wildman–Crippen LogP) is 2.07. The molecule has 1 amide bonds. The number of benzene rings is 2. The molecule has 0 saturated carbocycles. The van der Waals surface area contributed by atoms with Crippen molar-refractivity contribution in [1.29, 1.82) is 0 Å². The Morgan fingerprint density at radius 1 is 1.17 bits per heavy atom. The molecule has 1 heterocycles. The molecule has 120 valence electrons. The van der Waals surface area contributed by atoms with Crippen LogP contribution in [0.3, 0.4) is 0 Å². The first-order chi connectivity index (χ1) is 11.3. The molecule has 2 aromatic carbocycles. The van der Waals surface area contributed by atoms with E-state index in [0.717, 1.165) is 25.1 Å². The molecular formula is C19H22N2O2. The van der Waals surface area contributed by atoms with Gasteiger partial charge in [-0.1, -0.05) is 36.4 Å². The predicted molar refractivity (Wildman–Crippen MR) is 90.5 cm³/mol. The van der Waals surface area contributed by atoms with Gasteiger partial charge >= 0.3 is 0 Å². The summed E-state index contributed by atoms with van der Waals surface area (Å²) in [7, 11) is 1.66. The zero-order valence-corrected chi connectivity index (χ0v) is 13.3. The van der Waals surface area contributed by atoms with Gasteiger partial charge in [-0.2, -0.15) is 0 Å². The van der Waals surface area contributed by atoms with E-state index in [2.05, 4.69) is 22.8 Å². The van der Waals surface area contributed by atoms with Crippen molar-refractivity contribution in [2.75, 3.05) is 13.7 Å². The number of rotatable bonds is 5. The van der Waals surface area contributed by atoms with Crippen LogP contribution in [-0.2, 0) is 24.2 Å². The van der Waals surface area contributed by atoms with Gasteiger partial charge in [0.15, 0.2) is 0 Å². The normalized spacial score (nSPS) is 16.5. The summed E-state index contributed by atoms with van der Waals surface area (Å²) >= 11 is 0. The summed E-state index contributed by atoms with van der Waals surface area (Å²) in [4.78, 5) is 12.3. The molecule has 2 N–H and O–H groups in total. The molecule has 0 aliphatic carbocycles. The van der Waals surface area contributed by atoms with E-state index in [9.17, 15) is 4.79 Å². The largest absolute Gasteiger partial charge is 0.497 e. The molecule has 2 aromatic rings. The maximum absolute atomic E-state index is 12.3. The summed E-state index contributed by atoms with van der Waals surface area (Å²) in [6, 6.07) is 16.1. The summed E-state index contributed by atoms with van der Waals surface area (Å²) in [5.41, 5.74) is 3.74. The van der Waals surface area contributed by atoms with E-state index >= 15 is 0 Å². The van der Waals surface area contributed by atoms with Crippen LogP contribution in [0.4, 0.5) is 0 Å². The van der Waals surface area contributed by atoms with Gasteiger partial charge in [0.2, 0.25) is 5.91 Å². The van der Waals surface area contributed by atoms with Gasteiger partial charge < -0.3 is 15.4 Å². The van der Waals surface area contributed by atoms with Gasteiger partial charge in [-0.05, 0) is 41.7 Å². The monoisotopic (exact) mass is 310 g/mol. The Balaban J connectivity index is 1.48. The third kappa shape index (κ3) is 3.90. The van der Waals surface area contributed by atoms with E-state index < -0.39 is 0 Å². The average Bonchev–Trinajstić information content (AvgIpc) is 2.61. The highest BCUT2D eigenvalue weighted by atomic mass is 16.5. The van der Waals surface area contributed by atoms with Crippen molar-refractivity contribution in [3.05, 3.63) is 65.2 Å². The molecule has 1 aliphatic heterocycles. The Kier molecular flexibility index (Phi) is 4.93. The van der Waals surface area contributed by atoms with Gasteiger partial charge in [0.1, 0.15) is 5.75 Å². The summed E-state index contributed by atoms with van der Waals surface area (Å²) in [5.74, 6) is 0.927. The number of hydrogen-bond donors (Lipinski definition) is 2. The first-order valence-corrected chi connectivity index (χ1v) is 7.97. The molecule has 0 unspecified atom stereocenters. The minimum Gasteiger partial charge on any atom is -0.497 e. The maximum Gasteiger partial charge on any atom is 0.237 e. The molecule has 0 fully saturated rings. The van der Waals surface area contributed by atoms with Crippen molar-refractivity contribution in [3.63, 3.8) is 0 Å². The van der Waals surface area contributed by atoms with Crippen LogP contribution < -0.4 is 15.4 Å². The molecule has 0 saturated heterocycles. The zero-order chi connectivity index (χ0) is 16.1.